The predicted octanol–water partition coefficient (Wildman–Crippen LogP) is 0.850. The van der Waals surface area contributed by atoms with Crippen molar-refractivity contribution in [1.82, 2.24) is 0 Å². The molecule has 0 rings (SSSR count). The summed E-state index contributed by atoms with van der Waals surface area (Å²) in [4.78, 5) is 29.5. The van der Waals surface area contributed by atoms with Crippen molar-refractivity contribution in [2.24, 2.45) is 0 Å². The van der Waals surface area contributed by atoms with Gasteiger partial charge < -0.3 is 15.0 Å². The van der Waals surface area contributed by atoms with Crippen molar-refractivity contribution in [3.05, 3.63) is 9.95 Å². The highest BCUT2D eigenvalue weighted by atomic mass is 16.4. The molecular weight excluding hydrogens is 172 g/mol. The van der Waals surface area contributed by atoms with E-state index in [2.05, 4.69) is 0 Å². The molecule has 12 heavy (non-hydrogen) atoms. The van der Waals surface area contributed by atoms with Crippen LogP contribution in [0.2, 0.25) is 0 Å². The molecule has 0 saturated carbocycles. The lowest BCUT2D eigenvalue weighted by molar-refractivity contribution is -0.0980. The van der Waals surface area contributed by atoms with Gasteiger partial charge in [-0.3, -0.25) is 0 Å². The highest BCUT2D eigenvalue weighted by Crippen LogP contribution is 1.61. The summed E-state index contributed by atoms with van der Waals surface area (Å²) in [5, 5.41) is 28.9. The number of hydrogen-bond donors (Lipinski definition) is 2. The Balaban J connectivity index is -0.000000112. The third-order valence-electron chi connectivity index (χ3n) is 0.171. The Hall–Kier alpha value is -2.55. The lowest BCUT2D eigenvalue weighted by Crippen LogP contribution is -1.74. The van der Waals surface area contributed by atoms with Crippen molar-refractivity contribution in [3.63, 3.8) is 0 Å². The third-order valence-corrected chi connectivity index (χ3v) is 0.171. The molecule has 0 aliphatic rings. The second-order valence-corrected chi connectivity index (χ2v) is 0.765. The van der Waals surface area contributed by atoms with E-state index in [1.165, 1.54) is 0 Å². The fraction of sp³-hybridized carbons (Fsp3) is 0. The number of rotatable bonds is 0. The average Bonchev–Trinajstić information content (AvgIpc) is 2.09. The fourth-order valence-corrected chi connectivity index (χ4v) is 0. The zero-order valence-electron chi connectivity index (χ0n) is 5.62. The van der Waals surface area contributed by atoms with Crippen LogP contribution in [0.25, 0.3) is 9.95 Å². The van der Waals surface area contributed by atoms with Gasteiger partial charge in [0.15, 0.2) is 0 Å². The highest BCUT2D eigenvalue weighted by Gasteiger charge is 2.04. The minimum Gasteiger partial charge on any atom is -0.410 e. The van der Waals surface area contributed by atoms with Gasteiger partial charge in [0.2, 0.25) is 10.8 Å². The molecule has 0 bridgehead atoms. The molecule has 2 N–H and O–H groups in total. The molecule has 64 valence electrons. The van der Waals surface area contributed by atoms with E-state index in [1.807, 2.05) is 6.79 Å². The first-order valence-electron chi connectivity index (χ1n) is 1.99. The number of nitrogens with zero attached hydrogens (tertiary/aromatic N) is 4. The number of carbonyl (C=O) groups is 3. The summed E-state index contributed by atoms with van der Waals surface area (Å²) in [5.41, 5.74) is 0. The van der Waals surface area contributed by atoms with Crippen molar-refractivity contribution in [1.29, 1.82) is 10.8 Å². The molecule has 0 aromatic heterocycles. The standard InChI is InChI=1S/2CN2O2.CH2O/c2*2-3-1(4)5;1-2/h;;1H2/p+2. The van der Waals surface area contributed by atoms with Gasteiger partial charge in [-0.2, -0.15) is 9.59 Å². The van der Waals surface area contributed by atoms with Gasteiger partial charge in [0.05, 0.1) is 0 Å². The summed E-state index contributed by atoms with van der Waals surface area (Å²) in [6, 6.07) is 0. The van der Waals surface area contributed by atoms with E-state index in [4.69, 9.17) is 35.4 Å². The molecule has 9 nitrogen and oxygen atoms in total. The zero-order valence-corrected chi connectivity index (χ0v) is 5.62. The van der Waals surface area contributed by atoms with E-state index >= 15 is 0 Å². The van der Waals surface area contributed by atoms with Gasteiger partial charge in [-0.05, 0) is 0 Å². The van der Waals surface area contributed by atoms with E-state index in [9.17, 15) is 0 Å². The van der Waals surface area contributed by atoms with Crippen LogP contribution in [0.15, 0.2) is 0 Å². The number of carbonyl (C=O) groups excluding carboxylic acids is 1. The van der Waals surface area contributed by atoms with E-state index in [-0.39, 0.29) is 0 Å². The Morgan fingerprint density at radius 2 is 1.08 bits per heavy atom. The van der Waals surface area contributed by atoms with Gasteiger partial charge in [0.25, 0.3) is 9.95 Å². The Morgan fingerprint density at radius 1 is 1.00 bits per heavy atom. The minimum absolute atomic E-state index is 1.56. The van der Waals surface area contributed by atoms with Gasteiger partial charge in [-0.15, -0.1) is 0 Å². The zero-order chi connectivity index (χ0) is 10.6. The van der Waals surface area contributed by atoms with Gasteiger partial charge in [-0.1, -0.05) is 0 Å². The van der Waals surface area contributed by atoms with Crippen molar-refractivity contribution < 1.29 is 24.6 Å². The lowest BCUT2D eigenvalue weighted by Gasteiger charge is -1.37. The monoisotopic (exact) mass is 176 g/mol. The van der Waals surface area contributed by atoms with Gasteiger partial charge >= 0.3 is 12.2 Å². The minimum atomic E-state index is -1.56. The van der Waals surface area contributed by atoms with Crippen molar-refractivity contribution in [2.45, 2.75) is 0 Å². The predicted molar refractivity (Wildman–Crippen MR) is 33.3 cm³/mol. The van der Waals surface area contributed by atoms with E-state index < -0.39 is 12.2 Å². The van der Waals surface area contributed by atoms with Crippen LogP contribution in [0.5, 0.6) is 0 Å². The molecule has 0 spiro atoms. The second-order valence-electron chi connectivity index (χ2n) is 0.765. The maximum atomic E-state index is 8.95. The molecular formula is C3H4N4O5+2. The summed E-state index contributed by atoms with van der Waals surface area (Å²) < 4.78 is 0. The number of carboxylic acid groups (broad SMARTS) is 2. The van der Waals surface area contributed by atoms with E-state index in [0.717, 1.165) is 0 Å². The van der Waals surface area contributed by atoms with Gasteiger partial charge in [-0.25, -0.2) is 0 Å². The summed E-state index contributed by atoms with van der Waals surface area (Å²) >= 11 is 0. The van der Waals surface area contributed by atoms with Crippen LogP contribution in [-0.4, -0.2) is 29.2 Å². The molecule has 0 aliphatic heterocycles. The molecule has 0 aromatic carbocycles. The maximum Gasteiger partial charge on any atom is 0.769 e. The maximum absolute atomic E-state index is 8.95. The van der Waals surface area contributed by atoms with Crippen LogP contribution in [-0.2, 0) is 4.79 Å². The Bertz CT molecular complexity index is 200. The summed E-state index contributed by atoms with van der Waals surface area (Å²) in [6.07, 6.45) is -3.13. The summed E-state index contributed by atoms with van der Waals surface area (Å²) in [6.45, 7) is 2.00. The van der Waals surface area contributed by atoms with E-state index in [0.29, 0.717) is 0 Å². The summed E-state index contributed by atoms with van der Waals surface area (Å²) in [5.74, 6) is 0. The molecule has 0 aliphatic carbocycles. The molecule has 0 fully saturated rings. The highest BCUT2D eigenvalue weighted by molar-refractivity contribution is 5.74. The topological polar surface area (TPSA) is 148 Å². The first-order valence-corrected chi connectivity index (χ1v) is 1.99. The third kappa shape index (κ3) is 147. The quantitative estimate of drug-likeness (QED) is 0.519. The molecule has 9 heteroatoms. The van der Waals surface area contributed by atoms with Crippen LogP contribution in [0, 0.1) is 10.8 Å². The van der Waals surface area contributed by atoms with Crippen LogP contribution in [0.4, 0.5) is 9.59 Å². The normalized spacial score (nSPS) is 4.83. The van der Waals surface area contributed by atoms with Crippen molar-refractivity contribution in [3.8, 4) is 0 Å². The van der Waals surface area contributed by atoms with Gasteiger partial charge in [0, 0.05) is 0 Å². The molecule has 0 aromatic rings. The van der Waals surface area contributed by atoms with E-state index in [1.54, 1.807) is 9.95 Å². The lowest BCUT2D eigenvalue weighted by atomic mass is 11.3. The summed E-state index contributed by atoms with van der Waals surface area (Å²) in [7, 11) is 0. The van der Waals surface area contributed by atoms with Crippen LogP contribution in [0.3, 0.4) is 0 Å². The SMILES string of the molecule is C=O.N#[N+]C(=O)O.N#[N+]C(=O)O. The van der Waals surface area contributed by atoms with Crippen molar-refractivity contribution >= 4 is 19.0 Å². The van der Waals surface area contributed by atoms with Crippen LogP contribution >= 0.6 is 0 Å². The Morgan fingerprint density at radius 3 is 1.08 bits per heavy atom. The Labute approximate surface area is 65.5 Å². The fourth-order valence-electron chi connectivity index (χ4n) is 0. The molecule has 0 unspecified atom stereocenters. The first kappa shape index (κ1) is 16.2. The van der Waals surface area contributed by atoms with Crippen LogP contribution in [0.1, 0.15) is 0 Å². The molecule has 0 atom stereocenters. The average molecular weight is 176 g/mol. The number of hydrogen-bond acceptors (Lipinski definition) is 5. The molecule has 2 amide bonds. The smallest absolute Gasteiger partial charge is 0.410 e. The van der Waals surface area contributed by atoms with Gasteiger partial charge in [0.1, 0.15) is 6.79 Å². The first-order chi connectivity index (χ1) is 5.54. The molecule has 0 radical (unpaired) electrons. The Kier molecular flexibility index (Phi) is 21.3. The largest absolute Gasteiger partial charge is 0.769 e. The second kappa shape index (κ2) is 15.8. The number of amides is 2. The number of diazo groups is 2. The van der Waals surface area contributed by atoms with Crippen molar-refractivity contribution in [2.75, 3.05) is 0 Å². The van der Waals surface area contributed by atoms with Crippen LogP contribution < -0.4 is 0 Å². The molecule has 0 saturated heterocycles. The molecule has 0 heterocycles.